The van der Waals surface area contributed by atoms with Crippen molar-refractivity contribution in [3.63, 3.8) is 0 Å². The highest BCUT2D eigenvalue weighted by Crippen LogP contribution is 2.36. The summed E-state index contributed by atoms with van der Waals surface area (Å²) in [7, 11) is 0. The molecule has 1 aliphatic heterocycles. The molecular weight excluding hydrogens is 401 g/mol. The SMILES string of the molecule is CC(OC(=O)C1CCCN(c2ncccc2C(F)(F)F)C1)c1nc(C(C)(C)C)no1. The first kappa shape index (κ1) is 22.0. The van der Waals surface area contributed by atoms with E-state index >= 15 is 0 Å². The van der Waals surface area contributed by atoms with E-state index in [4.69, 9.17) is 9.26 Å². The third-order valence-electron chi connectivity index (χ3n) is 4.90. The lowest BCUT2D eigenvalue weighted by Crippen LogP contribution is -2.41. The summed E-state index contributed by atoms with van der Waals surface area (Å²) in [6.07, 6.45) is -2.88. The summed E-state index contributed by atoms with van der Waals surface area (Å²) in [6, 6.07) is 2.24. The fraction of sp³-hybridized carbons (Fsp3) is 0.600. The lowest BCUT2D eigenvalue weighted by atomic mass is 9.96. The third kappa shape index (κ3) is 4.91. The molecule has 0 radical (unpaired) electrons. The summed E-state index contributed by atoms with van der Waals surface area (Å²) in [5, 5.41) is 3.91. The van der Waals surface area contributed by atoms with Gasteiger partial charge in [-0.2, -0.15) is 18.2 Å². The van der Waals surface area contributed by atoms with Gasteiger partial charge in [0.15, 0.2) is 11.9 Å². The maximum atomic E-state index is 13.3. The smallest absolute Gasteiger partial charge is 0.419 e. The summed E-state index contributed by atoms with van der Waals surface area (Å²) in [5.74, 6) is -0.562. The number of piperidine rings is 1. The van der Waals surface area contributed by atoms with Gasteiger partial charge >= 0.3 is 12.1 Å². The number of carbonyl (C=O) groups excluding carboxylic acids is 1. The molecule has 0 saturated carbocycles. The van der Waals surface area contributed by atoms with Gasteiger partial charge in [0.05, 0.1) is 11.5 Å². The van der Waals surface area contributed by atoms with Crippen LogP contribution in [0.15, 0.2) is 22.9 Å². The van der Waals surface area contributed by atoms with Gasteiger partial charge in [-0.05, 0) is 31.9 Å². The Morgan fingerprint density at radius 1 is 1.33 bits per heavy atom. The molecule has 2 atom stereocenters. The van der Waals surface area contributed by atoms with Gasteiger partial charge in [0.2, 0.25) is 0 Å². The first-order valence-corrected chi connectivity index (χ1v) is 9.78. The van der Waals surface area contributed by atoms with Crippen molar-refractivity contribution in [2.75, 3.05) is 18.0 Å². The summed E-state index contributed by atoms with van der Waals surface area (Å²) in [6.45, 7) is 7.91. The zero-order chi connectivity index (χ0) is 22.1. The summed E-state index contributed by atoms with van der Waals surface area (Å²) in [4.78, 5) is 22.4. The molecule has 164 valence electrons. The minimum atomic E-state index is -4.52. The van der Waals surface area contributed by atoms with Gasteiger partial charge in [0.1, 0.15) is 5.82 Å². The summed E-state index contributed by atoms with van der Waals surface area (Å²) >= 11 is 0. The number of pyridine rings is 1. The van der Waals surface area contributed by atoms with E-state index in [2.05, 4.69) is 15.1 Å². The minimum absolute atomic E-state index is 0.0999. The van der Waals surface area contributed by atoms with E-state index in [9.17, 15) is 18.0 Å². The van der Waals surface area contributed by atoms with Crippen molar-refractivity contribution in [2.24, 2.45) is 5.92 Å². The Balaban J connectivity index is 1.69. The van der Waals surface area contributed by atoms with Crippen LogP contribution in [0.25, 0.3) is 0 Å². The van der Waals surface area contributed by atoms with Gasteiger partial charge in [-0.15, -0.1) is 0 Å². The van der Waals surface area contributed by atoms with Crippen molar-refractivity contribution in [3.8, 4) is 0 Å². The second-order valence-electron chi connectivity index (χ2n) is 8.44. The number of alkyl halides is 3. The molecule has 0 N–H and O–H groups in total. The van der Waals surface area contributed by atoms with Gasteiger partial charge in [-0.1, -0.05) is 25.9 Å². The average Bonchev–Trinajstić information content (AvgIpc) is 3.18. The number of hydrogen-bond acceptors (Lipinski definition) is 7. The second-order valence-corrected chi connectivity index (χ2v) is 8.44. The zero-order valence-electron chi connectivity index (χ0n) is 17.4. The van der Waals surface area contributed by atoms with Crippen LogP contribution in [0.3, 0.4) is 0 Å². The number of anilines is 1. The van der Waals surface area contributed by atoms with E-state index in [1.165, 1.54) is 17.2 Å². The number of carbonyl (C=O) groups is 1. The molecule has 0 aliphatic carbocycles. The van der Waals surface area contributed by atoms with E-state index in [0.717, 1.165) is 6.07 Å². The molecule has 0 bridgehead atoms. The van der Waals surface area contributed by atoms with Crippen molar-refractivity contribution in [1.82, 2.24) is 15.1 Å². The third-order valence-corrected chi connectivity index (χ3v) is 4.90. The standard InChI is InChI=1S/C20H25F3N4O3/c1-12(16-25-18(26-30-16)19(2,3)4)29-17(28)13-7-6-10-27(11-13)15-14(20(21,22)23)8-5-9-24-15/h5,8-9,12-13H,6-7,10-11H2,1-4H3. The number of esters is 1. The number of ether oxygens (including phenoxy) is 1. The Hall–Kier alpha value is -2.65. The molecule has 0 aromatic carbocycles. The molecule has 1 saturated heterocycles. The first-order valence-electron chi connectivity index (χ1n) is 9.78. The first-order chi connectivity index (χ1) is 14.0. The highest BCUT2D eigenvalue weighted by atomic mass is 19.4. The molecule has 10 heteroatoms. The van der Waals surface area contributed by atoms with E-state index < -0.39 is 29.7 Å². The second kappa shape index (κ2) is 8.23. The topological polar surface area (TPSA) is 81.4 Å². The number of hydrogen-bond donors (Lipinski definition) is 0. The Morgan fingerprint density at radius 2 is 2.07 bits per heavy atom. The van der Waals surface area contributed by atoms with Gasteiger partial charge in [-0.3, -0.25) is 4.79 Å². The van der Waals surface area contributed by atoms with E-state index in [-0.39, 0.29) is 23.7 Å². The number of nitrogens with zero attached hydrogens (tertiary/aromatic N) is 4. The van der Waals surface area contributed by atoms with E-state index in [1.54, 1.807) is 6.92 Å². The lowest BCUT2D eigenvalue weighted by molar-refractivity contribution is -0.155. The summed E-state index contributed by atoms with van der Waals surface area (Å²) < 4.78 is 50.6. The normalized spacial score (nSPS) is 18.9. The van der Waals surface area contributed by atoms with Crippen LogP contribution >= 0.6 is 0 Å². The predicted molar refractivity (Wildman–Crippen MR) is 102 cm³/mol. The quantitative estimate of drug-likeness (QED) is 0.674. The fourth-order valence-electron chi connectivity index (χ4n) is 3.26. The largest absolute Gasteiger partial charge is 0.452 e. The molecule has 3 heterocycles. The monoisotopic (exact) mass is 426 g/mol. The zero-order valence-corrected chi connectivity index (χ0v) is 17.4. The Bertz CT molecular complexity index is 892. The van der Waals surface area contributed by atoms with Gasteiger partial charge < -0.3 is 14.2 Å². The molecule has 3 rings (SSSR count). The van der Waals surface area contributed by atoms with Gasteiger partial charge in [0.25, 0.3) is 5.89 Å². The molecular formula is C20H25F3N4O3. The highest BCUT2D eigenvalue weighted by Gasteiger charge is 2.38. The Kier molecular flexibility index (Phi) is 6.05. The molecule has 1 aliphatic rings. The van der Waals surface area contributed by atoms with Crippen molar-refractivity contribution < 1.29 is 27.2 Å². The number of halogens is 3. The van der Waals surface area contributed by atoms with Crippen molar-refractivity contribution in [2.45, 2.75) is 58.2 Å². The lowest BCUT2D eigenvalue weighted by Gasteiger charge is -2.34. The molecule has 1 fully saturated rings. The van der Waals surface area contributed by atoms with Crippen LogP contribution in [0, 0.1) is 5.92 Å². The Morgan fingerprint density at radius 3 is 2.70 bits per heavy atom. The van der Waals surface area contributed by atoms with Crippen molar-refractivity contribution in [1.29, 1.82) is 0 Å². The van der Waals surface area contributed by atoms with Crippen LogP contribution in [0.2, 0.25) is 0 Å². The highest BCUT2D eigenvalue weighted by molar-refractivity contribution is 5.74. The molecule has 0 amide bonds. The molecule has 7 nitrogen and oxygen atoms in total. The van der Waals surface area contributed by atoms with Crippen LogP contribution in [0.1, 0.15) is 63.9 Å². The van der Waals surface area contributed by atoms with Crippen LogP contribution < -0.4 is 4.90 Å². The number of aromatic nitrogens is 3. The van der Waals surface area contributed by atoms with Gasteiger partial charge in [-0.25, -0.2) is 4.98 Å². The van der Waals surface area contributed by atoms with Crippen molar-refractivity contribution in [3.05, 3.63) is 35.6 Å². The van der Waals surface area contributed by atoms with Crippen LogP contribution in [-0.2, 0) is 21.1 Å². The predicted octanol–water partition coefficient (Wildman–Crippen LogP) is 4.30. The minimum Gasteiger partial charge on any atom is -0.452 e. The Labute approximate surface area is 172 Å². The van der Waals surface area contributed by atoms with Crippen LogP contribution in [0.4, 0.5) is 19.0 Å². The van der Waals surface area contributed by atoms with Crippen molar-refractivity contribution >= 4 is 11.8 Å². The van der Waals surface area contributed by atoms with Crippen LogP contribution in [0.5, 0.6) is 0 Å². The van der Waals surface area contributed by atoms with E-state index in [0.29, 0.717) is 25.2 Å². The molecule has 30 heavy (non-hydrogen) atoms. The van der Waals surface area contributed by atoms with E-state index in [1.807, 2.05) is 20.8 Å². The maximum absolute atomic E-state index is 13.3. The fourth-order valence-corrected chi connectivity index (χ4v) is 3.26. The molecule has 2 aromatic heterocycles. The summed E-state index contributed by atoms with van der Waals surface area (Å²) in [5.41, 5.74) is -1.12. The van der Waals surface area contributed by atoms with Crippen LogP contribution in [-0.4, -0.2) is 34.2 Å². The average molecular weight is 426 g/mol. The molecule has 2 unspecified atom stereocenters. The number of rotatable bonds is 4. The maximum Gasteiger partial charge on any atom is 0.419 e. The molecule has 0 spiro atoms. The molecule has 2 aromatic rings. The van der Waals surface area contributed by atoms with Gasteiger partial charge in [0, 0.05) is 24.7 Å².